The second kappa shape index (κ2) is 14.6. The number of carbonyl (C=O) groups excluding carboxylic acids is 1. The van der Waals surface area contributed by atoms with Crippen molar-refractivity contribution in [2.24, 2.45) is 0 Å². The number of hydrogen-bond acceptors (Lipinski definition) is 13. The maximum Gasteiger partial charge on any atom is 0.415 e. The van der Waals surface area contributed by atoms with Crippen LogP contribution >= 0.6 is 11.8 Å². The maximum absolute atomic E-state index is 13.2. The molecule has 1 aliphatic heterocycles. The van der Waals surface area contributed by atoms with E-state index in [0.717, 1.165) is 11.8 Å². The number of nitrogens with zero attached hydrogens (tertiary/aromatic N) is 6. The highest BCUT2D eigenvalue weighted by Gasteiger charge is 2.38. The third kappa shape index (κ3) is 7.42. The van der Waals surface area contributed by atoms with Crippen LogP contribution < -0.4 is 24.6 Å². The molecule has 1 saturated heterocycles. The molecule has 0 aliphatic carbocycles. The fourth-order valence-corrected chi connectivity index (χ4v) is 7.15. The zero-order valence-electron chi connectivity index (χ0n) is 26.1. The Morgan fingerprint density at radius 1 is 1.08 bits per heavy atom. The molecular weight excluding hydrogens is 671 g/mol. The quantitative estimate of drug-likeness (QED) is 0.117. The van der Waals surface area contributed by atoms with Gasteiger partial charge in [0.25, 0.3) is 9.84 Å². The van der Waals surface area contributed by atoms with Crippen LogP contribution in [0, 0.1) is 16.5 Å². The number of hydrogen-bond donors (Lipinski definition) is 1. The Morgan fingerprint density at radius 2 is 1.80 bits per heavy atom. The van der Waals surface area contributed by atoms with Crippen LogP contribution in [0.2, 0.25) is 0 Å². The van der Waals surface area contributed by atoms with Crippen LogP contribution in [-0.4, -0.2) is 61.5 Å². The molecule has 3 heterocycles. The van der Waals surface area contributed by atoms with Crippen molar-refractivity contribution in [1.82, 2.24) is 15.1 Å². The van der Waals surface area contributed by atoms with E-state index in [1.54, 1.807) is 49.6 Å². The van der Waals surface area contributed by atoms with Crippen LogP contribution in [0.15, 0.2) is 105 Å². The van der Waals surface area contributed by atoms with Crippen molar-refractivity contribution >= 4 is 39.0 Å². The number of benzene rings is 3. The normalized spacial score (nSPS) is 13.4. The molecule has 16 heteroatoms. The minimum absolute atomic E-state index is 0.0122. The zero-order valence-corrected chi connectivity index (χ0v) is 27.7. The largest absolute Gasteiger partial charge is 0.497 e. The van der Waals surface area contributed by atoms with Gasteiger partial charge in [0.2, 0.25) is 5.91 Å². The van der Waals surface area contributed by atoms with Gasteiger partial charge in [0.15, 0.2) is 11.0 Å². The van der Waals surface area contributed by atoms with Gasteiger partial charge in [-0.25, -0.2) is 18.4 Å². The number of methoxy groups -OCH3 is 1. The summed E-state index contributed by atoms with van der Waals surface area (Å²) in [5.74, 6) is 0.331. The second-order valence-corrected chi connectivity index (χ2v) is 13.6. The molecule has 6 rings (SSSR count). The van der Waals surface area contributed by atoms with E-state index >= 15 is 0 Å². The smallest absolute Gasteiger partial charge is 0.415 e. The first-order valence-corrected chi connectivity index (χ1v) is 17.5. The highest BCUT2D eigenvalue weighted by Crippen LogP contribution is 2.33. The summed E-state index contributed by atoms with van der Waals surface area (Å²) in [4.78, 5) is 23.9. The fraction of sp³-hybridized carbons (Fsp3) is 0.212. The Labute approximate surface area is 285 Å². The minimum atomic E-state index is -4.27. The van der Waals surface area contributed by atoms with E-state index in [1.807, 2.05) is 35.2 Å². The number of nitrogens with one attached hydrogen (secondary N) is 1. The van der Waals surface area contributed by atoms with Crippen LogP contribution in [-0.2, 0) is 14.6 Å². The van der Waals surface area contributed by atoms with Gasteiger partial charge in [-0.1, -0.05) is 66.4 Å². The van der Waals surface area contributed by atoms with E-state index in [4.69, 9.17) is 14.5 Å². The molecule has 1 amide bonds. The van der Waals surface area contributed by atoms with Crippen molar-refractivity contribution in [3.05, 3.63) is 95.7 Å². The standard InChI is InChI=1S/C33H29N7O7S2/c1-45-25-12-8-11-23(19-25)35-28(41)21-48-33-36-29(22-9-4-2-5-10-22)27(20-34)30(37-33)39-17-15-24(16-18-39)46-31-32(40(42)47-38-31)49(43,44)26-13-6-3-7-14-26/h2-14,19,24H,15-18,21H2,1H3,(H,35,41). The number of thioether (sulfide) groups is 1. The van der Waals surface area contributed by atoms with Gasteiger partial charge in [0, 0.05) is 43.2 Å². The summed E-state index contributed by atoms with van der Waals surface area (Å²) in [5, 5.41) is 28.6. The summed E-state index contributed by atoms with van der Waals surface area (Å²) in [7, 11) is -2.72. The van der Waals surface area contributed by atoms with Crippen LogP contribution in [0.3, 0.4) is 0 Å². The molecule has 0 saturated carbocycles. The SMILES string of the molecule is COc1cccc(NC(=O)CSc2nc(-c3ccccc3)c(C#N)c(N3CCC(Oc4no[n+]([O-])c4S(=O)(=O)c4ccccc4)CC3)n2)c1. The van der Waals surface area contributed by atoms with E-state index in [1.165, 1.54) is 12.1 Å². The molecule has 3 aromatic carbocycles. The third-order valence-corrected chi connectivity index (χ3v) is 10.2. The van der Waals surface area contributed by atoms with E-state index in [9.17, 15) is 23.7 Å². The lowest BCUT2D eigenvalue weighted by atomic mass is 10.0. The molecule has 49 heavy (non-hydrogen) atoms. The van der Waals surface area contributed by atoms with Gasteiger partial charge in [-0.15, -0.1) is 0 Å². The average Bonchev–Trinajstić information content (AvgIpc) is 3.51. The highest BCUT2D eigenvalue weighted by atomic mass is 32.2. The van der Waals surface area contributed by atoms with Gasteiger partial charge in [0.05, 0.1) is 28.6 Å². The molecule has 0 radical (unpaired) electrons. The monoisotopic (exact) mass is 699 g/mol. The predicted molar refractivity (Wildman–Crippen MR) is 178 cm³/mol. The fourth-order valence-electron chi connectivity index (χ4n) is 5.23. The van der Waals surface area contributed by atoms with Crippen molar-refractivity contribution in [2.75, 3.05) is 36.2 Å². The van der Waals surface area contributed by atoms with Crippen LogP contribution in [0.4, 0.5) is 11.5 Å². The molecule has 2 aromatic heterocycles. The third-order valence-electron chi connectivity index (χ3n) is 7.59. The van der Waals surface area contributed by atoms with Crippen molar-refractivity contribution < 1.29 is 32.2 Å². The summed E-state index contributed by atoms with van der Waals surface area (Å²) in [6, 6.07) is 26.0. The van der Waals surface area contributed by atoms with Crippen molar-refractivity contribution in [3.8, 4) is 29.0 Å². The van der Waals surface area contributed by atoms with Crippen molar-refractivity contribution in [1.29, 1.82) is 5.26 Å². The summed E-state index contributed by atoms with van der Waals surface area (Å²) in [5.41, 5.74) is 2.01. The van der Waals surface area contributed by atoms with Crippen LogP contribution in [0.25, 0.3) is 11.3 Å². The predicted octanol–water partition coefficient (Wildman–Crippen LogP) is 4.26. The number of rotatable bonds is 11. The first-order valence-electron chi connectivity index (χ1n) is 15.0. The maximum atomic E-state index is 13.2. The molecule has 250 valence electrons. The molecule has 0 atom stereocenters. The number of sulfone groups is 1. The van der Waals surface area contributed by atoms with Crippen LogP contribution in [0.5, 0.6) is 11.6 Å². The summed E-state index contributed by atoms with van der Waals surface area (Å²) in [6.45, 7) is 0.752. The molecule has 1 N–H and O–H groups in total. The number of piperidine rings is 1. The average molecular weight is 700 g/mol. The number of carbonyl (C=O) groups is 1. The van der Waals surface area contributed by atoms with Gasteiger partial charge < -0.3 is 24.9 Å². The molecule has 1 fully saturated rings. The minimum Gasteiger partial charge on any atom is -0.497 e. The van der Waals surface area contributed by atoms with Gasteiger partial charge in [0.1, 0.15) is 23.5 Å². The number of ether oxygens (including phenoxy) is 2. The Morgan fingerprint density at radius 3 is 2.49 bits per heavy atom. The molecule has 5 aromatic rings. The van der Waals surface area contributed by atoms with E-state index in [0.29, 0.717) is 59.6 Å². The van der Waals surface area contributed by atoms with E-state index in [2.05, 4.69) is 26.2 Å². The number of anilines is 2. The number of aromatic nitrogens is 4. The lowest BCUT2D eigenvalue weighted by Crippen LogP contribution is -2.39. The summed E-state index contributed by atoms with van der Waals surface area (Å²) in [6.07, 6.45) is 0.260. The van der Waals surface area contributed by atoms with Gasteiger partial charge in [-0.05, 0) is 29.2 Å². The highest BCUT2D eigenvalue weighted by molar-refractivity contribution is 7.99. The first-order chi connectivity index (χ1) is 23.8. The Balaban J connectivity index is 1.20. The topological polar surface area (TPSA) is 187 Å². The van der Waals surface area contributed by atoms with Gasteiger partial charge in [-0.3, -0.25) is 9.42 Å². The lowest BCUT2D eigenvalue weighted by molar-refractivity contribution is -0.832. The van der Waals surface area contributed by atoms with Gasteiger partial charge in [-0.2, -0.15) is 5.26 Å². The number of nitriles is 1. The molecule has 1 aliphatic rings. The molecule has 0 bridgehead atoms. The van der Waals surface area contributed by atoms with Crippen molar-refractivity contribution in [2.45, 2.75) is 34.0 Å². The second-order valence-electron chi connectivity index (χ2n) is 10.8. The van der Waals surface area contributed by atoms with E-state index < -0.39 is 26.8 Å². The van der Waals surface area contributed by atoms with Crippen molar-refractivity contribution in [3.63, 3.8) is 0 Å². The first kappa shape index (κ1) is 33.2. The molecule has 0 unspecified atom stereocenters. The number of amides is 1. The molecular formula is C33H29N7O7S2. The van der Waals surface area contributed by atoms with Crippen LogP contribution in [0.1, 0.15) is 18.4 Å². The zero-order chi connectivity index (χ0) is 34.4. The summed E-state index contributed by atoms with van der Waals surface area (Å²) >= 11 is 1.14. The Bertz CT molecular complexity index is 2100. The Kier molecular flexibility index (Phi) is 9.92. The molecule has 14 nitrogen and oxygen atoms in total. The molecule has 0 spiro atoms. The summed E-state index contributed by atoms with van der Waals surface area (Å²) < 4.78 is 42.2. The van der Waals surface area contributed by atoms with Gasteiger partial charge >= 0.3 is 10.9 Å². The Hall–Kier alpha value is -5.66. The lowest BCUT2D eigenvalue weighted by Gasteiger charge is -2.32. The van der Waals surface area contributed by atoms with E-state index in [-0.39, 0.29) is 27.0 Å².